The Kier molecular flexibility index (Phi) is 9.91. The summed E-state index contributed by atoms with van der Waals surface area (Å²) in [6, 6.07) is 14.0. The fraction of sp³-hybridized carbons (Fsp3) is 0.417. The molecule has 0 heterocycles. The Bertz CT molecular complexity index is 1060. The predicted molar refractivity (Wildman–Crippen MR) is 136 cm³/mol. The summed E-state index contributed by atoms with van der Waals surface area (Å²) in [5.41, 5.74) is 2.28. The number of nitrogens with zero attached hydrogens (tertiary/aromatic N) is 2. The highest BCUT2D eigenvalue weighted by Gasteiger charge is 2.29. The molecule has 0 aliphatic carbocycles. The molecule has 0 bridgehead atoms. The van der Waals surface area contributed by atoms with Crippen LogP contribution < -0.4 is 9.62 Å². The van der Waals surface area contributed by atoms with Crippen LogP contribution in [0.3, 0.4) is 0 Å². The molecule has 0 fully saturated rings. The van der Waals surface area contributed by atoms with Crippen LogP contribution in [0.4, 0.5) is 5.69 Å². The van der Waals surface area contributed by atoms with Gasteiger partial charge in [-0.2, -0.15) is 0 Å². The van der Waals surface area contributed by atoms with E-state index in [4.69, 9.17) is 0 Å². The highest BCUT2D eigenvalue weighted by atomic mass is 79.9. The van der Waals surface area contributed by atoms with Crippen LogP contribution in [0.2, 0.25) is 0 Å². The Balaban J connectivity index is 2.31. The van der Waals surface area contributed by atoms with Crippen LogP contribution in [-0.2, 0) is 26.0 Å². The third kappa shape index (κ3) is 7.85. The lowest BCUT2D eigenvalue weighted by atomic mass is 10.1. The van der Waals surface area contributed by atoms with Crippen LogP contribution in [0.1, 0.15) is 31.4 Å². The summed E-state index contributed by atoms with van der Waals surface area (Å²) < 4.78 is 27.1. The van der Waals surface area contributed by atoms with Gasteiger partial charge in [0.05, 0.1) is 11.9 Å². The molecule has 0 aliphatic heterocycles. The first-order chi connectivity index (χ1) is 15.5. The zero-order valence-electron chi connectivity index (χ0n) is 19.5. The van der Waals surface area contributed by atoms with Crippen molar-refractivity contribution >= 4 is 43.5 Å². The molecule has 0 radical (unpaired) electrons. The molecule has 9 heteroatoms. The highest BCUT2D eigenvalue weighted by Crippen LogP contribution is 2.25. The second kappa shape index (κ2) is 12.2. The van der Waals surface area contributed by atoms with E-state index < -0.39 is 22.0 Å². The summed E-state index contributed by atoms with van der Waals surface area (Å²) in [5.74, 6) is -0.695. The van der Waals surface area contributed by atoms with E-state index in [1.165, 1.54) is 4.90 Å². The lowest BCUT2D eigenvalue weighted by Crippen LogP contribution is -2.52. The Morgan fingerprint density at radius 2 is 1.79 bits per heavy atom. The summed E-state index contributed by atoms with van der Waals surface area (Å²) in [6.07, 6.45) is 2.40. The normalized spacial score (nSPS) is 12.2. The minimum atomic E-state index is -3.73. The number of rotatable bonds is 11. The molecular formula is C24H32BrN3O4S. The first kappa shape index (κ1) is 26.9. The number of carbonyl (C=O) groups excluding carboxylic acids is 2. The van der Waals surface area contributed by atoms with Crippen LogP contribution in [0.5, 0.6) is 0 Å². The molecule has 180 valence electrons. The first-order valence-corrected chi connectivity index (χ1v) is 13.5. The van der Waals surface area contributed by atoms with Crippen molar-refractivity contribution < 1.29 is 18.0 Å². The van der Waals surface area contributed by atoms with Crippen molar-refractivity contribution in [2.45, 2.75) is 39.7 Å². The molecule has 2 aromatic carbocycles. The highest BCUT2D eigenvalue weighted by molar-refractivity contribution is 9.10. The van der Waals surface area contributed by atoms with Gasteiger partial charge in [-0.3, -0.25) is 13.9 Å². The fourth-order valence-corrected chi connectivity index (χ4v) is 4.45. The van der Waals surface area contributed by atoms with Crippen LogP contribution >= 0.6 is 15.9 Å². The van der Waals surface area contributed by atoms with Crippen molar-refractivity contribution in [3.05, 3.63) is 64.1 Å². The van der Waals surface area contributed by atoms with Gasteiger partial charge in [-0.15, -0.1) is 0 Å². The molecule has 0 aliphatic rings. The molecule has 0 aromatic heterocycles. The van der Waals surface area contributed by atoms with Crippen LogP contribution in [-0.4, -0.2) is 57.1 Å². The molecule has 7 nitrogen and oxygen atoms in total. The largest absolute Gasteiger partial charge is 0.354 e. The SMILES string of the molecule is CCCNC(=O)[C@H](C)N(CCc1ccccc1)C(=O)CN(c1ccc(Br)c(C)c1)S(C)(=O)=O. The van der Waals surface area contributed by atoms with Gasteiger partial charge in [-0.1, -0.05) is 53.2 Å². The zero-order valence-corrected chi connectivity index (χ0v) is 21.9. The van der Waals surface area contributed by atoms with Gasteiger partial charge in [0.2, 0.25) is 21.8 Å². The number of aryl methyl sites for hydroxylation is 1. The Labute approximate surface area is 205 Å². The Morgan fingerprint density at radius 1 is 1.12 bits per heavy atom. The molecule has 0 unspecified atom stereocenters. The monoisotopic (exact) mass is 537 g/mol. The van der Waals surface area contributed by atoms with Crippen molar-refractivity contribution in [3.63, 3.8) is 0 Å². The first-order valence-electron chi connectivity index (χ1n) is 10.9. The van der Waals surface area contributed by atoms with Gasteiger partial charge in [0, 0.05) is 17.6 Å². The Morgan fingerprint density at radius 3 is 2.36 bits per heavy atom. The molecule has 0 spiro atoms. The van der Waals surface area contributed by atoms with E-state index in [2.05, 4.69) is 21.2 Å². The van der Waals surface area contributed by atoms with Crippen molar-refractivity contribution in [1.82, 2.24) is 10.2 Å². The average molecular weight is 539 g/mol. The van der Waals surface area contributed by atoms with Gasteiger partial charge in [0.1, 0.15) is 12.6 Å². The molecule has 0 saturated carbocycles. The molecule has 2 rings (SSSR count). The molecule has 1 atom stereocenters. The number of halogens is 1. The second-order valence-electron chi connectivity index (χ2n) is 7.99. The van der Waals surface area contributed by atoms with E-state index in [1.807, 2.05) is 44.2 Å². The summed E-state index contributed by atoms with van der Waals surface area (Å²) in [4.78, 5) is 27.5. The van der Waals surface area contributed by atoms with Crippen molar-refractivity contribution in [1.29, 1.82) is 0 Å². The number of benzene rings is 2. The van der Waals surface area contributed by atoms with Crippen molar-refractivity contribution in [3.8, 4) is 0 Å². The van der Waals surface area contributed by atoms with Gasteiger partial charge in [0.25, 0.3) is 0 Å². The second-order valence-corrected chi connectivity index (χ2v) is 10.8. The van der Waals surface area contributed by atoms with E-state index in [0.29, 0.717) is 25.2 Å². The summed E-state index contributed by atoms with van der Waals surface area (Å²) in [5, 5.41) is 2.82. The zero-order chi connectivity index (χ0) is 24.6. The number of nitrogens with one attached hydrogen (secondary N) is 1. The predicted octanol–water partition coefficient (Wildman–Crippen LogP) is 3.51. The number of hydrogen-bond acceptors (Lipinski definition) is 4. The van der Waals surface area contributed by atoms with Crippen LogP contribution in [0.25, 0.3) is 0 Å². The maximum Gasteiger partial charge on any atom is 0.244 e. The number of anilines is 1. The molecule has 0 saturated heterocycles. The van der Waals surface area contributed by atoms with Gasteiger partial charge >= 0.3 is 0 Å². The third-order valence-electron chi connectivity index (χ3n) is 5.31. The topological polar surface area (TPSA) is 86.8 Å². The summed E-state index contributed by atoms with van der Waals surface area (Å²) >= 11 is 3.41. The number of amides is 2. The summed E-state index contributed by atoms with van der Waals surface area (Å²) in [6.45, 7) is 5.89. The Hall–Kier alpha value is -2.39. The molecule has 33 heavy (non-hydrogen) atoms. The molecular weight excluding hydrogens is 506 g/mol. The van der Waals surface area contributed by atoms with E-state index in [0.717, 1.165) is 32.6 Å². The van der Waals surface area contributed by atoms with Gasteiger partial charge in [-0.25, -0.2) is 8.42 Å². The van der Waals surface area contributed by atoms with Gasteiger partial charge in [0.15, 0.2) is 0 Å². The lowest BCUT2D eigenvalue weighted by molar-refractivity contribution is -0.138. The van der Waals surface area contributed by atoms with Crippen LogP contribution in [0.15, 0.2) is 53.0 Å². The quantitative estimate of drug-likeness (QED) is 0.475. The molecule has 2 amide bonds. The average Bonchev–Trinajstić information content (AvgIpc) is 2.77. The maximum atomic E-state index is 13.4. The van der Waals surface area contributed by atoms with Crippen molar-refractivity contribution in [2.24, 2.45) is 0 Å². The minimum absolute atomic E-state index is 0.261. The molecule has 2 aromatic rings. The smallest absolute Gasteiger partial charge is 0.244 e. The van der Waals surface area contributed by atoms with E-state index in [1.54, 1.807) is 25.1 Å². The maximum absolute atomic E-state index is 13.4. The number of sulfonamides is 1. The molecule has 1 N–H and O–H groups in total. The lowest BCUT2D eigenvalue weighted by Gasteiger charge is -2.31. The third-order valence-corrected chi connectivity index (χ3v) is 7.34. The minimum Gasteiger partial charge on any atom is -0.354 e. The summed E-state index contributed by atoms with van der Waals surface area (Å²) in [7, 11) is -3.73. The number of carbonyl (C=O) groups is 2. The van der Waals surface area contributed by atoms with E-state index in [-0.39, 0.29) is 12.5 Å². The standard InChI is InChI=1S/C24H32BrN3O4S/c1-5-14-26-24(30)19(3)27(15-13-20-9-7-6-8-10-20)23(29)17-28(33(4,31)32)21-11-12-22(25)18(2)16-21/h6-12,16,19H,5,13-15,17H2,1-4H3,(H,26,30)/t19-/m0/s1. The van der Waals surface area contributed by atoms with Gasteiger partial charge < -0.3 is 10.2 Å². The fourth-order valence-electron chi connectivity index (χ4n) is 3.36. The van der Waals surface area contributed by atoms with Crippen LogP contribution in [0, 0.1) is 6.92 Å². The van der Waals surface area contributed by atoms with Gasteiger partial charge in [-0.05, 0) is 56.0 Å². The number of hydrogen-bond donors (Lipinski definition) is 1. The van der Waals surface area contributed by atoms with Crippen molar-refractivity contribution in [2.75, 3.05) is 30.2 Å². The van der Waals surface area contributed by atoms with E-state index >= 15 is 0 Å². The van der Waals surface area contributed by atoms with E-state index in [9.17, 15) is 18.0 Å².